The summed E-state index contributed by atoms with van der Waals surface area (Å²) < 4.78 is 5.10. The van der Waals surface area contributed by atoms with Gasteiger partial charge in [-0.05, 0) is 41.5 Å². The Hall–Kier alpha value is -2.16. The molecule has 3 nitrogen and oxygen atoms in total. The van der Waals surface area contributed by atoms with Crippen LogP contribution in [0.2, 0.25) is 0 Å². The molecular weight excluding hydrogens is 288 g/mol. The summed E-state index contributed by atoms with van der Waals surface area (Å²) in [5, 5.41) is 1.79. The predicted molar refractivity (Wildman–Crippen MR) is 90.1 cm³/mol. The lowest BCUT2D eigenvalue weighted by Gasteiger charge is -2.25. The van der Waals surface area contributed by atoms with Crippen LogP contribution in [0.15, 0.2) is 42.5 Å². The van der Waals surface area contributed by atoms with E-state index in [0.717, 1.165) is 42.4 Å². The number of fused-ring (bicyclic) bond motifs is 1. The topological polar surface area (TPSA) is 43.4 Å². The van der Waals surface area contributed by atoms with E-state index in [1.165, 1.54) is 0 Å². The van der Waals surface area contributed by atoms with E-state index in [1.54, 1.807) is 6.07 Å². The van der Waals surface area contributed by atoms with Crippen molar-refractivity contribution in [1.82, 2.24) is 0 Å². The van der Waals surface area contributed by atoms with Crippen LogP contribution in [0.3, 0.4) is 0 Å². The minimum Gasteiger partial charge on any atom is -0.389 e. The first-order chi connectivity index (χ1) is 11.1. The van der Waals surface area contributed by atoms with Gasteiger partial charge in [-0.2, -0.15) is 0 Å². The Labute approximate surface area is 136 Å². The van der Waals surface area contributed by atoms with Crippen LogP contribution < -0.4 is 0 Å². The van der Waals surface area contributed by atoms with Crippen molar-refractivity contribution in [2.24, 2.45) is 11.8 Å². The summed E-state index contributed by atoms with van der Waals surface area (Å²) in [6, 6.07) is 13.1. The normalized spacial score (nSPS) is 21.1. The molecule has 2 aromatic carbocycles. The molecule has 120 valence electrons. The van der Waals surface area contributed by atoms with Gasteiger partial charge in [0.1, 0.15) is 0 Å². The number of benzene rings is 2. The predicted octanol–water partition coefficient (Wildman–Crippen LogP) is 4.74. The number of hydrogen-bond donors (Lipinski definition) is 0. The zero-order valence-corrected chi connectivity index (χ0v) is 13.5. The third kappa shape index (κ3) is 3.79. The number of esters is 2. The summed E-state index contributed by atoms with van der Waals surface area (Å²) in [6.45, 7) is 2.25. The maximum atomic E-state index is 12.3. The van der Waals surface area contributed by atoms with Gasteiger partial charge in [0.2, 0.25) is 0 Å². The number of carbonyl (C=O) groups is 2. The number of rotatable bonds is 3. The largest absolute Gasteiger partial charge is 0.389 e. The Balaban J connectivity index is 1.65. The second-order valence-corrected chi connectivity index (χ2v) is 6.62. The Kier molecular flexibility index (Phi) is 4.75. The van der Waals surface area contributed by atoms with Crippen LogP contribution in [0.5, 0.6) is 0 Å². The van der Waals surface area contributed by atoms with E-state index < -0.39 is 11.9 Å². The third-order valence-electron chi connectivity index (χ3n) is 4.81. The summed E-state index contributed by atoms with van der Waals surface area (Å²) in [4.78, 5) is 24.4. The van der Waals surface area contributed by atoms with Gasteiger partial charge in [0, 0.05) is 6.42 Å². The molecule has 2 aromatic rings. The van der Waals surface area contributed by atoms with Gasteiger partial charge in [-0.15, -0.1) is 0 Å². The highest BCUT2D eigenvalue weighted by molar-refractivity contribution is 6.07. The molecule has 1 fully saturated rings. The lowest BCUT2D eigenvalue weighted by Crippen LogP contribution is -2.19. The minimum absolute atomic E-state index is 0.350. The van der Waals surface area contributed by atoms with Crippen molar-refractivity contribution in [3.8, 4) is 0 Å². The van der Waals surface area contributed by atoms with Crippen LogP contribution >= 0.6 is 0 Å². The van der Waals surface area contributed by atoms with Crippen molar-refractivity contribution in [2.45, 2.75) is 39.0 Å². The average Bonchev–Trinajstić information content (AvgIpc) is 2.56. The number of hydrogen-bond acceptors (Lipinski definition) is 3. The highest BCUT2D eigenvalue weighted by Crippen LogP contribution is 2.30. The Morgan fingerprint density at radius 3 is 2.48 bits per heavy atom. The van der Waals surface area contributed by atoms with E-state index in [1.807, 2.05) is 36.4 Å². The number of carbonyl (C=O) groups excluding carboxylic acids is 2. The van der Waals surface area contributed by atoms with Crippen LogP contribution in [0.25, 0.3) is 10.8 Å². The zero-order chi connectivity index (χ0) is 16.2. The summed E-state index contributed by atoms with van der Waals surface area (Å²) >= 11 is 0. The monoisotopic (exact) mass is 310 g/mol. The van der Waals surface area contributed by atoms with Crippen molar-refractivity contribution >= 4 is 22.7 Å². The fourth-order valence-corrected chi connectivity index (χ4v) is 3.37. The van der Waals surface area contributed by atoms with Crippen LogP contribution in [0.4, 0.5) is 0 Å². The van der Waals surface area contributed by atoms with Crippen molar-refractivity contribution in [2.75, 3.05) is 0 Å². The highest BCUT2D eigenvalue weighted by atomic mass is 16.6. The highest BCUT2D eigenvalue weighted by Gasteiger charge is 2.23. The molecule has 3 rings (SSSR count). The summed E-state index contributed by atoms with van der Waals surface area (Å²) in [7, 11) is 0. The molecule has 0 unspecified atom stereocenters. The van der Waals surface area contributed by atoms with Crippen LogP contribution in [-0.4, -0.2) is 11.9 Å². The van der Waals surface area contributed by atoms with Gasteiger partial charge in [-0.3, -0.25) is 4.79 Å². The quantitative estimate of drug-likeness (QED) is 0.607. The molecule has 0 N–H and O–H groups in total. The summed E-state index contributed by atoms with van der Waals surface area (Å²) in [6.07, 6.45) is 4.78. The number of ether oxygens (including phenoxy) is 1. The molecule has 0 aromatic heterocycles. The van der Waals surface area contributed by atoms with Crippen LogP contribution in [0.1, 0.15) is 49.4 Å². The van der Waals surface area contributed by atoms with Crippen LogP contribution in [-0.2, 0) is 9.53 Å². The van der Waals surface area contributed by atoms with Crippen molar-refractivity contribution in [3.63, 3.8) is 0 Å². The molecule has 0 bridgehead atoms. The molecule has 0 aliphatic heterocycles. The Bertz CT molecular complexity index is 706. The lowest BCUT2D eigenvalue weighted by molar-refractivity contribution is -0.139. The van der Waals surface area contributed by atoms with Crippen molar-refractivity contribution in [1.29, 1.82) is 0 Å². The van der Waals surface area contributed by atoms with Gasteiger partial charge in [-0.1, -0.05) is 56.2 Å². The summed E-state index contributed by atoms with van der Waals surface area (Å²) in [5.41, 5.74) is 0.453. The molecule has 0 radical (unpaired) electrons. The molecule has 3 heteroatoms. The second kappa shape index (κ2) is 6.95. The molecule has 1 saturated carbocycles. The van der Waals surface area contributed by atoms with Gasteiger partial charge < -0.3 is 4.74 Å². The average molecular weight is 310 g/mol. The maximum absolute atomic E-state index is 12.3. The standard InChI is InChI=1S/C20H22O3/c1-14-9-11-15(12-10-14)13-19(21)23-20(22)18-8-4-6-16-5-2-3-7-17(16)18/h2-8,14-15H,9-13H2,1H3. The molecule has 0 saturated heterocycles. The molecule has 0 spiro atoms. The molecule has 1 aliphatic rings. The van der Waals surface area contributed by atoms with Gasteiger partial charge in [0.05, 0.1) is 5.56 Å². The fraction of sp³-hybridized carbons (Fsp3) is 0.400. The lowest BCUT2D eigenvalue weighted by atomic mass is 9.81. The molecular formula is C20H22O3. The molecule has 1 aliphatic carbocycles. The van der Waals surface area contributed by atoms with Crippen LogP contribution in [0, 0.1) is 11.8 Å². The Morgan fingerprint density at radius 2 is 1.70 bits per heavy atom. The van der Waals surface area contributed by atoms with Crippen molar-refractivity contribution in [3.05, 3.63) is 48.0 Å². The molecule has 0 heterocycles. The SMILES string of the molecule is CC1CCC(CC(=O)OC(=O)c2cccc3ccccc23)CC1. The second-order valence-electron chi connectivity index (χ2n) is 6.62. The molecule has 0 amide bonds. The van der Waals surface area contributed by atoms with E-state index in [-0.39, 0.29) is 0 Å². The molecule has 23 heavy (non-hydrogen) atoms. The van der Waals surface area contributed by atoms with Gasteiger partial charge in [-0.25, -0.2) is 4.79 Å². The molecule has 0 atom stereocenters. The van der Waals surface area contributed by atoms with Gasteiger partial charge >= 0.3 is 11.9 Å². The maximum Gasteiger partial charge on any atom is 0.346 e. The smallest absolute Gasteiger partial charge is 0.346 e. The zero-order valence-electron chi connectivity index (χ0n) is 13.5. The first kappa shape index (κ1) is 15.7. The van der Waals surface area contributed by atoms with E-state index in [0.29, 0.717) is 17.9 Å². The minimum atomic E-state index is -0.545. The summed E-state index contributed by atoms with van der Waals surface area (Å²) in [5.74, 6) is 0.164. The van der Waals surface area contributed by atoms with E-state index >= 15 is 0 Å². The van der Waals surface area contributed by atoms with Gasteiger partial charge in [0.15, 0.2) is 0 Å². The Morgan fingerprint density at radius 1 is 1.00 bits per heavy atom. The first-order valence-electron chi connectivity index (χ1n) is 8.36. The van der Waals surface area contributed by atoms with E-state index in [2.05, 4.69) is 6.92 Å². The first-order valence-corrected chi connectivity index (χ1v) is 8.36. The van der Waals surface area contributed by atoms with E-state index in [9.17, 15) is 9.59 Å². The fourth-order valence-electron chi connectivity index (χ4n) is 3.37. The third-order valence-corrected chi connectivity index (χ3v) is 4.81. The van der Waals surface area contributed by atoms with E-state index in [4.69, 9.17) is 4.74 Å². The van der Waals surface area contributed by atoms with Gasteiger partial charge in [0.25, 0.3) is 0 Å². The van der Waals surface area contributed by atoms with Crippen molar-refractivity contribution < 1.29 is 14.3 Å².